The van der Waals surface area contributed by atoms with E-state index in [1.54, 1.807) is 12.1 Å². The molecule has 0 aliphatic rings. The van der Waals surface area contributed by atoms with E-state index in [9.17, 15) is 10.2 Å². The van der Waals surface area contributed by atoms with Crippen LogP contribution >= 0.6 is 0 Å². The first-order chi connectivity index (χ1) is 13.7. The van der Waals surface area contributed by atoms with Gasteiger partial charge in [-0.1, -0.05) is 102 Å². The summed E-state index contributed by atoms with van der Waals surface area (Å²) in [5.41, 5.74) is 2.17. The molecule has 0 aliphatic carbocycles. The average Bonchev–Trinajstić information content (AvgIpc) is 2.71. The van der Waals surface area contributed by atoms with Gasteiger partial charge in [-0.2, -0.15) is 0 Å². The molecule has 3 heteroatoms. The number of hydrogen-bond donors (Lipinski definition) is 2. The van der Waals surface area contributed by atoms with Gasteiger partial charge in [0.05, 0.1) is 0 Å². The van der Waals surface area contributed by atoms with Crippen molar-refractivity contribution in [1.82, 2.24) is 0 Å². The van der Waals surface area contributed by atoms with E-state index in [0.717, 1.165) is 24.0 Å². The molecule has 2 aromatic rings. The molecule has 0 aromatic heterocycles. The largest absolute Gasteiger partial charge is 0.508 e. The molecule has 2 radical (unpaired) electrons. The van der Waals surface area contributed by atoms with Crippen LogP contribution in [0.1, 0.15) is 89.2 Å². The third-order valence-corrected chi connectivity index (χ3v) is 5.08. The van der Waals surface area contributed by atoms with Crippen LogP contribution in [-0.2, 0) is 12.8 Å². The molecule has 158 valence electrons. The Morgan fingerprint density at radius 3 is 1.21 bits per heavy atom. The number of unbranched alkanes of at least 4 members (excludes halogenated alkanes) is 8. The van der Waals surface area contributed by atoms with Crippen LogP contribution in [0.4, 0.5) is 0 Å². The Bertz CT molecular complexity index is 572. The van der Waals surface area contributed by atoms with Crippen LogP contribution in [0.3, 0.4) is 0 Å². The van der Waals surface area contributed by atoms with Crippen molar-refractivity contribution in [1.29, 1.82) is 0 Å². The minimum atomic E-state index is 0. The number of phenols is 2. The molecular formula is C26H40BaO2. The molecule has 0 fully saturated rings. The first kappa shape index (κ1) is 28.6. The minimum absolute atomic E-state index is 0. The summed E-state index contributed by atoms with van der Waals surface area (Å²) in [4.78, 5) is 0. The molecule has 2 nitrogen and oxygen atoms in total. The van der Waals surface area contributed by atoms with Gasteiger partial charge in [0.1, 0.15) is 11.5 Å². The maximum Gasteiger partial charge on any atom is 0.118 e. The monoisotopic (exact) mass is 522 g/mol. The standard InChI is InChI=1S/2C13H20O.Ba/c2*1-2-3-4-5-6-9-12-10-7-8-11-13(12)14;/h2*7-8,10-11,14H,2-6,9H2,1H3;. The van der Waals surface area contributed by atoms with E-state index in [1.807, 2.05) is 36.4 Å². The third-order valence-electron chi connectivity index (χ3n) is 5.08. The quantitative estimate of drug-likeness (QED) is 0.225. The molecule has 0 bridgehead atoms. The summed E-state index contributed by atoms with van der Waals surface area (Å²) in [7, 11) is 0. The van der Waals surface area contributed by atoms with Gasteiger partial charge in [-0.05, 0) is 48.9 Å². The van der Waals surface area contributed by atoms with Gasteiger partial charge in [0.2, 0.25) is 0 Å². The normalized spacial score (nSPS) is 10.0. The van der Waals surface area contributed by atoms with Crippen molar-refractivity contribution in [3.8, 4) is 11.5 Å². The molecule has 29 heavy (non-hydrogen) atoms. The van der Waals surface area contributed by atoms with Gasteiger partial charge in [0.15, 0.2) is 0 Å². The van der Waals surface area contributed by atoms with Crippen molar-refractivity contribution >= 4 is 48.9 Å². The second-order valence-electron chi connectivity index (χ2n) is 7.59. The summed E-state index contributed by atoms with van der Waals surface area (Å²) in [6.07, 6.45) is 14.9. The number of rotatable bonds is 12. The number of para-hydroxylation sites is 2. The predicted octanol–water partition coefficient (Wildman–Crippen LogP) is 7.43. The van der Waals surface area contributed by atoms with Gasteiger partial charge in [0.25, 0.3) is 0 Å². The summed E-state index contributed by atoms with van der Waals surface area (Å²) < 4.78 is 0. The molecule has 0 aliphatic heterocycles. The summed E-state index contributed by atoms with van der Waals surface area (Å²) >= 11 is 0. The summed E-state index contributed by atoms with van der Waals surface area (Å²) in [5.74, 6) is 0.894. The first-order valence-corrected chi connectivity index (χ1v) is 11.2. The zero-order valence-corrected chi connectivity index (χ0v) is 23.1. The maximum absolute atomic E-state index is 9.51. The predicted molar refractivity (Wildman–Crippen MR) is 127 cm³/mol. The van der Waals surface area contributed by atoms with Gasteiger partial charge < -0.3 is 10.2 Å². The topological polar surface area (TPSA) is 40.5 Å². The molecule has 2 rings (SSSR count). The number of benzene rings is 2. The summed E-state index contributed by atoms with van der Waals surface area (Å²) in [6.45, 7) is 4.45. The number of hydrogen-bond acceptors (Lipinski definition) is 2. The Balaban J connectivity index is 0.000000523. The van der Waals surface area contributed by atoms with Crippen LogP contribution in [0.15, 0.2) is 48.5 Å². The van der Waals surface area contributed by atoms with E-state index in [4.69, 9.17) is 0 Å². The van der Waals surface area contributed by atoms with E-state index in [1.165, 1.54) is 64.2 Å². The smallest absolute Gasteiger partial charge is 0.118 e. The number of aryl methyl sites for hydroxylation is 2. The van der Waals surface area contributed by atoms with Crippen LogP contribution in [0, 0.1) is 0 Å². The van der Waals surface area contributed by atoms with E-state index < -0.39 is 0 Å². The summed E-state index contributed by atoms with van der Waals surface area (Å²) in [6, 6.07) is 15.3. The molecule has 0 saturated heterocycles. The maximum atomic E-state index is 9.51. The van der Waals surface area contributed by atoms with Gasteiger partial charge in [-0.25, -0.2) is 0 Å². The Labute approximate surface area is 219 Å². The number of aromatic hydroxyl groups is 2. The molecule has 2 N–H and O–H groups in total. The molecule has 2 aromatic carbocycles. The molecule has 0 amide bonds. The fraction of sp³-hybridized carbons (Fsp3) is 0.538. The van der Waals surface area contributed by atoms with Crippen molar-refractivity contribution in [3.63, 3.8) is 0 Å². The SMILES string of the molecule is CCCCCCCc1ccccc1O.CCCCCCCc1ccccc1O.[Ba]. The Hall–Kier alpha value is -0.389. The third kappa shape index (κ3) is 14.3. The minimum Gasteiger partial charge on any atom is -0.508 e. The fourth-order valence-corrected chi connectivity index (χ4v) is 3.28. The molecule has 0 unspecified atom stereocenters. The van der Waals surface area contributed by atoms with E-state index in [0.29, 0.717) is 11.5 Å². The second kappa shape index (κ2) is 19.6. The van der Waals surface area contributed by atoms with Crippen molar-refractivity contribution in [2.24, 2.45) is 0 Å². The van der Waals surface area contributed by atoms with Crippen molar-refractivity contribution in [2.75, 3.05) is 0 Å². The molecule has 0 heterocycles. The van der Waals surface area contributed by atoms with Gasteiger partial charge >= 0.3 is 0 Å². The molecule has 0 saturated carbocycles. The Kier molecular flexibility index (Phi) is 19.3. The van der Waals surface area contributed by atoms with Crippen LogP contribution in [0.25, 0.3) is 0 Å². The molecule has 0 atom stereocenters. The van der Waals surface area contributed by atoms with E-state index in [2.05, 4.69) is 13.8 Å². The van der Waals surface area contributed by atoms with Crippen LogP contribution in [0.2, 0.25) is 0 Å². The average molecular weight is 522 g/mol. The zero-order chi connectivity index (χ0) is 20.5. The van der Waals surface area contributed by atoms with Crippen molar-refractivity contribution < 1.29 is 10.2 Å². The van der Waals surface area contributed by atoms with Crippen LogP contribution < -0.4 is 0 Å². The van der Waals surface area contributed by atoms with Gasteiger partial charge in [0, 0.05) is 48.9 Å². The van der Waals surface area contributed by atoms with E-state index >= 15 is 0 Å². The van der Waals surface area contributed by atoms with Gasteiger partial charge in [-0.3, -0.25) is 0 Å². The number of phenolic OH excluding ortho intramolecular Hbond substituents is 2. The zero-order valence-electron chi connectivity index (χ0n) is 18.7. The molecular weight excluding hydrogens is 482 g/mol. The first-order valence-electron chi connectivity index (χ1n) is 11.2. The van der Waals surface area contributed by atoms with Crippen LogP contribution in [0.5, 0.6) is 11.5 Å². The summed E-state index contributed by atoms with van der Waals surface area (Å²) in [5, 5.41) is 19.0. The molecule has 0 spiro atoms. The van der Waals surface area contributed by atoms with E-state index in [-0.39, 0.29) is 48.9 Å². The Morgan fingerprint density at radius 1 is 0.517 bits per heavy atom. The Morgan fingerprint density at radius 2 is 0.862 bits per heavy atom. The van der Waals surface area contributed by atoms with Gasteiger partial charge in [-0.15, -0.1) is 0 Å². The fourth-order valence-electron chi connectivity index (χ4n) is 3.28. The second-order valence-corrected chi connectivity index (χ2v) is 7.59. The van der Waals surface area contributed by atoms with Crippen molar-refractivity contribution in [3.05, 3.63) is 59.7 Å². The van der Waals surface area contributed by atoms with Crippen LogP contribution in [-0.4, -0.2) is 59.1 Å². The van der Waals surface area contributed by atoms with Crippen molar-refractivity contribution in [2.45, 2.75) is 90.9 Å².